The number of carbonyl (C=O) groups excluding carboxylic acids is 1. The van der Waals surface area contributed by atoms with Gasteiger partial charge in [-0.05, 0) is 68.1 Å². The van der Waals surface area contributed by atoms with Gasteiger partial charge in [0.15, 0.2) is 0 Å². The minimum Gasteiger partial charge on any atom is -0.300 e. The predicted molar refractivity (Wildman–Crippen MR) is 153 cm³/mol. The Kier molecular flexibility index (Phi) is 19.6. The van der Waals surface area contributed by atoms with Crippen molar-refractivity contribution in [1.29, 1.82) is 0 Å². The molecule has 0 aromatic carbocycles. The molecule has 0 aliphatic heterocycles. The average Bonchev–Trinajstić information content (AvgIpc) is 2.71. The van der Waals surface area contributed by atoms with Crippen molar-refractivity contribution in [3.8, 4) is 0 Å². The maximum atomic E-state index is 12.0. The number of rotatable bonds is 2. The average molecular weight is 471 g/mol. The van der Waals surface area contributed by atoms with Gasteiger partial charge in [-0.2, -0.15) is 12.6 Å². The number of ketones is 1. The van der Waals surface area contributed by atoms with Crippen LogP contribution in [0.5, 0.6) is 0 Å². The van der Waals surface area contributed by atoms with Gasteiger partial charge < -0.3 is 0 Å². The van der Waals surface area contributed by atoms with Crippen LogP contribution in [0.1, 0.15) is 148 Å². The van der Waals surface area contributed by atoms with Crippen LogP contribution in [-0.2, 0) is 4.79 Å². The third kappa shape index (κ3) is 11.3. The van der Waals surface area contributed by atoms with E-state index in [9.17, 15) is 4.79 Å². The van der Waals surface area contributed by atoms with E-state index >= 15 is 0 Å². The summed E-state index contributed by atoms with van der Waals surface area (Å²) in [7, 11) is 0. The van der Waals surface area contributed by atoms with E-state index in [-0.39, 0.29) is 17.6 Å². The van der Waals surface area contributed by atoms with Crippen LogP contribution in [-0.4, -0.2) is 10.5 Å². The number of hydrogen-bond acceptors (Lipinski definition) is 2. The smallest absolute Gasteiger partial charge is 0.133 e. The number of allylic oxidation sites excluding steroid dienone is 1. The lowest BCUT2D eigenvalue weighted by molar-refractivity contribution is -0.125. The van der Waals surface area contributed by atoms with Gasteiger partial charge in [0.25, 0.3) is 0 Å². The fraction of sp³-hybridized carbons (Fsp3) is 0.900. The minimum absolute atomic E-state index is 0. The fourth-order valence-corrected chi connectivity index (χ4v) is 5.95. The highest BCUT2D eigenvalue weighted by Crippen LogP contribution is 2.53. The van der Waals surface area contributed by atoms with E-state index in [0.29, 0.717) is 23.0 Å². The van der Waals surface area contributed by atoms with Gasteiger partial charge >= 0.3 is 0 Å². The molecule has 2 aliphatic carbocycles. The first-order valence-electron chi connectivity index (χ1n) is 13.3. The van der Waals surface area contributed by atoms with E-state index in [1.54, 1.807) is 0 Å². The fourth-order valence-electron chi connectivity index (χ4n) is 5.51. The Labute approximate surface area is 210 Å². The molecular formula is C30H62OS. The molecule has 1 nitrogen and oxygen atoms in total. The zero-order chi connectivity index (χ0) is 24.9. The molecule has 0 bridgehead atoms. The van der Waals surface area contributed by atoms with Gasteiger partial charge in [-0.25, -0.2) is 0 Å². The second kappa shape index (κ2) is 17.2. The zero-order valence-electron chi connectivity index (χ0n) is 23.3. The van der Waals surface area contributed by atoms with E-state index in [1.165, 1.54) is 31.3 Å². The van der Waals surface area contributed by atoms with Crippen LogP contribution < -0.4 is 0 Å². The summed E-state index contributed by atoms with van der Waals surface area (Å²) in [6.07, 6.45) is 11.1. The molecular weight excluding hydrogens is 408 g/mol. The Morgan fingerprint density at radius 1 is 1.03 bits per heavy atom. The van der Waals surface area contributed by atoms with Gasteiger partial charge in [0.2, 0.25) is 0 Å². The molecule has 2 saturated carbocycles. The maximum Gasteiger partial charge on any atom is 0.133 e. The van der Waals surface area contributed by atoms with Gasteiger partial charge in [0, 0.05) is 17.6 Å². The molecule has 0 heterocycles. The standard InChI is InChI=1S/C22H38OS.C3H8.2C2H6.CH4/c1-16(2)15-21(5)11-7-10-20(4)12-9-19(23)14-18(20)8-13-22(6,24)17(21)3;1-3-2;2*1-2;/h17-18,24H,1,7-15H2,2-6H3;3H2,1-2H3;2*1-2H3;1H4/t17?,18-,20-,21+,22-;;;;/m0..../s1. The Morgan fingerprint density at radius 2 is 1.53 bits per heavy atom. The Bertz CT molecular complexity index is 509. The van der Waals surface area contributed by atoms with Crippen molar-refractivity contribution in [3.05, 3.63) is 12.2 Å². The largest absolute Gasteiger partial charge is 0.300 e. The summed E-state index contributed by atoms with van der Waals surface area (Å²) in [5.74, 6) is 1.58. The summed E-state index contributed by atoms with van der Waals surface area (Å²) in [4.78, 5) is 12.0. The summed E-state index contributed by atoms with van der Waals surface area (Å²) in [6.45, 7) is 28.2. The maximum absolute atomic E-state index is 12.0. The summed E-state index contributed by atoms with van der Waals surface area (Å²) in [5, 5.41) is 0. The lowest BCUT2D eigenvalue weighted by atomic mass is 9.58. The molecule has 0 aromatic heterocycles. The molecule has 0 saturated heterocycles. The van der Waals surface area contributed by atoms with E-state index < -0.39 is 0 Å². The van der Waals surface area contributed by atoms with Crippen LogP contribution in [0.25, 0.3) is 0 Å². The topological polar surface area (TPSA) is 17.1 Å². The van der Waals surface area contributed by atoms with Crippen molar-refractivity contribution in [3.63, 3.8) is 0 Å². The summed E-state index contributed by atoms with van der Waals surface area (Å²) >= 11 is 5.14. The van der Waals surface area contributed by atoms with Crippen LogP contribution in [0.15, 0.2) is 12.2 Å². The molecule has 0 spiro atoms. The molecule has 2 aliphatic rings. The molecule has 0 N–H and O–H groups in total. The highest BCUT2D eigenvalue weighted by atomic mass is 32.1. The summed E-state index contributed by atoms with van der Waals surface area (Å²) in [6, 6.07) is 0. The Balaban J connectivity index is -0.000000946. The molecule has 2 fully saturated rings. The van der Waals surface area contributed by atoms with Gasteiger partial charge in [-0.3, -0.25) is 4.79 Å². The van der Waals surface area contributed by atoms with Crippen molar-refractivity contribution < 1.29 is 4.79 Å². The number of carbonyl (C=O) groups is 1. The molecule has 2 heteroatoms. The number of thiol groups is 1. The van der Waals surface area contributed by atoms with Crippen LogP contribution in [0.3, 0.4) is 0 Å². The second-order valence-corrected chi connectivity index (χ2v) is 11.6. The molecule has 2 rings (SSSR count). The van der Waals surface area contributed by atoms with E-state index in [2.05, 4.69) is 55.0 Å². The van der Waals surface area contributed by atoms with Crippen LogP contribution >= 0.6 is 12.6 Å². The third-order valence-electron chi connectivity index (χ3n) is 7.61. The van der Waals surface area contributed by atoms with E-state index in [4.69, 9.17) is 12.6 Å². The second-order valence-electron chi connectivity index (χ2n) is 10.6. The molecule has 5 atom stereocenters. The van der Waals surface area contributed by atoms with Gasteiger partial charge in [-0.1, -0.05) is 95.1 Å². The molecule has 32 heavy (non-hydrogen) atoms. The van der Waals surface area contributed by atoms with Crippen molar-refractivity contribution >= 4 is 18.4 Å². The lowest BCUT2D eigenvalue weighted by Crippen LogP contribution is -2.43. The van der Waals surface area contributed by atoms with Gasteiger partial charge in [-0.15, -0.1) is 6.58 Å². The molecule has 1 unspecified atom stereocenters. The molecule has 0 amide bonds. The number of Topliss-reactive ketones (excluding diaryl/α,β-unsaturated/α-hetero) is 1. The van der Waals surface area contributed by atoms with Gasteiger partial charge in [0.1, 0.15) is 5.78 Å². The van der Waals surface area contributed by atoms with Crippen LogP contribution in [0.4, 0.5) is 0 Å². The quantitative estimate of drug-likeness (QED) is 0.313. The molecule has 194 valence electrons. The third-order valence-corrected chi connectivity index (χ3v) is 8.22. The van der Waals surface area contributed by atoms with Crippen molar-refractivity contribution in [1.82, 2.24) is 0 Å². The van der Waals surface area contributed by atoms with E-state index in [1.807, 2.05) is 27.7 Å². The SMILES string of the molecule is C.C=C(C)C[C@@]1(C)CCC[C@@]2(C)CCC(=O)C[C@@H]2CC[C@](C)(S)C1C.CC.CC.CCC. The zero-order valence-corrected chi connectivity index (χ0v) is 24.2. The summed E-state index contributed by atoms with van der Waals surface area (Å²) in [5.41, 5.74) is 1.91. The monoisotopic (exact) mass is 470 g/mol. The van der Waals surface area contributed by atoms with Crippen molar-refractivity contribution in [2.75, 3.05) is 0 Å². The number of fused-ring (bicyclic) bond motifs is 1. The van der Waals surface area contributed by atoms with Crippen LogP contribution in [0, 0.1) is 22.7 Å². The highest BCUT2D eigenvalue weighted by Gasteiger charge is 2.45. The number of hydrogen-bond donors (Lipinski definition) is 1. The first kappa shape index (κ1) is 36.3. The highest BCUT2D eigenvalue weighted by molar-refractivity contribution is 7.81. The molecule has 0 aromatic rings. The predicted octanol–water partition coefficient (Wildman–Crippen LogP) is 10.7. The van der Waals surface area contributed by atoms with Gasteiger partial charge in [0.05, 0.1) is 0 Å². The molecule has 0 radical (unpaired) electrons. The Morgan fingerprint density at radius 3 is 2.00 bits per heavy atom. The summed E-state index contributed by atoms with van der Waals surface area (Å²) < 4.78 is 0.0168. The van der Waals surface area contributed by atoms with Crippen molar-refractivity contribution in [2.24, 2.45) is 22.7 Å². The minimum atomic E-state index is 0. The lowest BCUT2D eigenvalue weighted by Gasteiger charge is -2.49. The first-order chi connectivity index (χ1) is 14.4. The normalized spacial score (nSPS) is 34.4. The van der Waals surface area contributed by atoms with E-state index in [0.717, 1.165) is 38.5 Å². The first-order valence-corrected chi connectivity index (χ1v) is 13.7. The van der Waals surface area contributed by atoms with Crippen molar-refractivity contribution in [2.45, 2.75) is 153 Å². The van der Waals surface area contributed by atoms with Crippen LogP contribution in [0.2, 0.25) is 0 Å². The Hall–Kier alpha value is -0.240.